The SMILES string of the molecule is O=C(COC(=O)C1CCCCC1)NCCC1=CCCCC1. The Hall–Kier alpha value is -1.32. The van der Waals surface area contributed by atoms with E-state index in [1.807, 2.05) is 0 Å². The van der Waals surface area contributed by atoms with Gasteiger partial charge in [0.2, 0.25) is 0 Å². The van der Waals surface area contributed by atoms with Crippen LogP contribution in [0.1, 0.15) is 64.2 Å². The molecule has 0 unspecified atom stereocenters. The standard InChI is InChI=1S/C17H27NO3/c19-16(18-12-11-14-7-3-1-4-8-14)13-21-17(20)15-9-5-2-6-10-15/h7,15H,1-6,8-13H2,(H,18,19). The largest absolute Gasteiger partial charge is 0.455 e. The molecule has 21 heavy (non-hydrogen) atoms. The molecule has 2 rings (SSSR count). The van der Waals surface area contributed by atoms with Crippen molar-refractivity contribution >= 4 is 11.9 Å². The second kappa shape index (κ2) is 8.85. The van der Waals surface area contributed by atoms with E-state index >= 15 is 0 Å². The van der Waals surface area contributed by atoms with Crippen molar-refractivity contribution in [2.45, 2.75) is 64.2 Å². The summed E-state index contributed by atoms with van der Waals surface area (Å²) in [6.07, 6.45) is 13.3. The Labute approximate surface area is 127 Å². The van der Waals surface area contributed by atoms with Gasteiger partial charge in [-0.3, -0.25) is 9.59 Å². The van der Waals surface area contributed by atoms with E-state index in [1.54, 1.807) is 0 Å². The summed E-state index contributed by atoms with van der Waals surface area (Å²) in [5.74, 6) is -0.366. The number of carbonyl (C=O) groups excluding carboxylic acids is 2. The molecular formula is C17H27NO3. The first-order valence-corrected chi connectivity index (χ1v) is 8.37. The van der Waals surface area contributed by atoms with Crippen molar-refractivity contribution in [3.05, 3.63) is 11.6 Å². The summed E-state index contributed by atoms with van der Waals surface area (Å²) < 4.78 is 5.12. The Kier molecular flexibility index (Phi) is 6.77. The predicted molar refractivity (Wildman–Crippen MR) is 81.7 cm³/mol. The maximum absolute atomic E-state index is 11.8. The van der Waals surface area contributed by atoms with Gasteiger partial charge in [-0.15, -0.1) is 0 Å². The van der Waals surface area contributed by atoms with Crippen molar-refractivity contribution in [3.63, 3.8) is 0 Å². The van der Waals surface area contributed by atoms with Crippen LogP contribution in [0.4, 0.5) is 0 Å². The number of esters is 1. The van der Waals surface area contributed by atoms with E-state index in [0.29, 0.717) is 6.54 Å². The van der Waals surface area contributed by atoms with Crippen molar-refractivity contribution < 1.29 is 14.3 Å². The summed E-state index contributed by atoms with van der Waals surface area (Å²) in [4.78, 5) is 23.5. The van der Waals surface area contributed by atoms with Crippen LogP contribution in [-0.4, -0.2) is 25.0 Å². The summed E-state index contributed by atoms with van der Waals surface area (Å²) in [5.41, 5.74) is 1.45. The van der Waals surface area contributed by atoms with Crippen molar-refractivity contribution in [1.82, 2.24) is 5.32 Å². The zero-order chi connectivity index (χ0) is 14.9. The molecule has 0 aromatic heterocycles. The molecule has 0 aromatic rings. The van der Waals surface area contributed by atoms with Crippen LogP contribution in [0.3, 0.4) is 0 Å². The number of rotatable bonds is 6. The Balaban J connectivity index is 1.56. The topological polar surface area (TPSA) is 55.4 Å². The predicted octanol–water partition coefficient (Wildman–Crippen LogP) is 3.12. The van der Waals surface area contributed by atoms with Gasteiger partial charge in [-0.1, -0.05) is 30.9 Å². The second-order valence-corrected chi connectivity index (χ2v) is 6.15. The number of hydrogen-bond acceptors (Lipinski definition) is 3. The van der Waals surface area contributed by atoms with Gasteiger partial charge in [0.05, 0.1) is 5.92 Å². The Morgan fingerprint density at radius 3 is 2.67 bits per heavy atom. The maximum Gasteiger partial charge on any atom is 0.309 e. The molecule has 0 aliphatic heterocycles. The molecule has 4 heteroatoms. The smallest absolute Gasteiger partial charge is 0.309 e. The highest BCUT2D eigenvalue weighted by Crippen LogP contribution is 2.24. The van der Waals surface area contributed by atoms with Gasteiger partial charge >= 0.3 is 5.97 Å². The van der Waals surface area contributed by atoms with Gasteiger partial charge in [-0.2, -0.15) is 0 Å². The van der Waals surface area contributed by atoms with Crippen LogP contribution >= 0.6 is 0 Å². The van der Waals surface area contributed by atoms with Gasteiger partial charge in [0, 0.05) is 6.54 Å². The number of nitrogens with one attached hydrogen (secondary N) is 1. The van der Waals surface area contributed by atoms with Crippen molar-refractivity contribution in [2.24, 2.45) is 5.92 Å². The normalized spacial score (nSPS) is 19.7. The molecule has 0 saturated heterocycles. The van der Waals surface area contributed by atoms with E-state index < -0.39 is 0 Å². The summed E-state index contributed by atoms with van der Waals surface area (Å²) in [6, 6.07) is 0. The molecule has 4 nitrogen and oxygen atoms in total. The summed E-state index contributed by atoms with van der Waals surface area (Å²) in [6.45, 7) is 0.514. The van der Waals surface area contributed by atoms with Crippen molar-refractivity contribution in [2.75, 3.05) is 13.2 Å². The minimum absolute atomic E-state index is 0.0129. The van der Waals surface area contributed by atoms with Crippen LogP contribution in [0, 0.1) is 5.92 Å². The Morgan fingerprint density at radius 1 is 1.14 bits per heavy atom. The van der Waals surface area contributed by atoms with E-state index in [2.05, 4.69) is 11.4 Å². The van der Waals surface area contributed by atoms with E-state index in [1.165, 1.54) is 31.3 Å². The fraction of sp³-hybridized carbons (Fsp3) is 0.765. The molecule has 0 spiro atoms. The second-order valence-electron chi connectivity index (χ2n) is 6.15. The quantitative estimate of drug-likeness (QED) is 0.604. The fourth-order valence-corrected chi connectivity index (χ4v) is 3.14. The number of amides is 1. The number of allylic oxidation sites excluding steroid dienone is 1. The number of carbonyl (C=O) groups is 2. The van der Waals surface area contributed by atoms with Crippen LogP contribution in [0.5, 0.6) is 0 Å². The molecule has 1 amide bonds. The molecule has 2 aliphatic carbocycles. The maximum atomic E-state index is 11.8. The van der Waals surface area contributed by atoms with E-state index in [-0.39, 0.29) is 24.4 Å². The third-order valence-corrected chi connectivity index (χ3v) is 4.44. The average Bonchev–Trinajstić information content (AvgIpc) is 2.54. The first-order valence-electron chi connectivity index (χ1n) is 8.37. The van der Waals surface area contributed by atoms with Crippen LogP contribution < -0.4 is 5.32 Å². The highest BCUT2D eigenvalue weighted by molar-refractivity contribution is 5.81. The molecule has 2 aliphatic rings. The first kappa shape index (κ1) is 16.1. The zero-order valence-corrected chi connectivity index (χ0v) is 12.9. The van der Waals surface area contributed by atoms with E-state index in [9.17, 15) is 9.59 Å². The molecule has 118 valence electrons. The van der Waals surface area contributed by atoms with Crippen LogP contribution in [0.25, 0.3) is 0 Å². The molecule has 0 aromatic carbocycles. The third kappa shape index (κ3) is 5.90. The van der Waals surface area contributed by atoms with E-state index in [0.717, 1.165) is 38.5 Å². The fourth-order valence-electron chi connectivity index (χ4n) is 3.14. The van der Waals surface area contributed by atoms with Gasteiger partial charge in [0.25, 0.3) is 5.91 Å². The van der Waals surface area contributed by atoms with Crippen LogP contribution in [0.15, 0.2) is 11.6 Å². The van der Waals surface area contributed by atoms with Crippen LogP contribution in [0.2, 0.25) is 0 Å². The minimum Gasteiger partial charge on any atom is -0.455 e. The first-order chi connectivity index (χ1) is 10.3. The molecule has 0 bridgehead atoms. The summed E-state index contributed by atoms with van der Waals surface area (Å²) in [7, 11) is 0. The highest BCUT2D eigenvalue weighted by Gasteiger charge is 2.22. The van der Waals surface area contributed by atoms with Gasteiger partial charge in [0.15, 0.2) is 6.61 Å². The molecule has 1 saturated carbocycles. The van der Waals surface area contributed by atoms with Gasteiger partial charge in [-0.25, -0.2) is 0 Å². The van der Waals surface area contributed by atoms with Crippen molar-refractivity contribution in [3.8, 4) is 0 Å². The molecule has 0 heterocycles. The zero-order valence-electron chi connectivity index (χ0n) is 12.9. The minimum atomic E-state index is -0.195. The van der Waals surface area contributed by atoms with Crippen LogP contribution in [-0.2, 0) is 14.3 Å². The lowest BCUT2D eigenvalue weighted by atomic mass is 9.89. The summed E-state index contributed by atoms with van der Waals surface area (Å²) >= 11 is 0. The molecule has 1 N–H and O–H groups in total. The Bertz CT molecular complexity index is 383. The average molecular weight is 293 g/mol. The number of ether oxygens (including phenoxy) is 1. The lowest BCUT2D eigenvalue weighted by Gasteiger charge is -2.19. The molecule has 0 radical (unpaired) electrons. The number of hydrogen-bond donors (Lipinski definition) is 1. The third-order valence-electron chi connectivity index (χ3n) is 4.44. The van der Waals surface area contributed by atoms with Gasteiger partial charge in [-0.05, 0) is 44.9 Å². The summed E-state index contributed by atoms with van der Waals surface area (Å²) in [5, 5.41) is 2.83. The Morgan fingerprint density at radius 2 is 1.95 bits per heavy atom. The molecule has 1 fully saturated rings. The molecular weight excluding hydrogens is 266 g/mol. The van der Waals surface area contributed by atoms with Gasteiger partial charge in [0.1, 0.15) is 0 Å². The van der Waals surface area contributed by atoms with Gasteiger partial charge < -0.3 is 10.1 Å². The monoisotopic (exact) mass is 293 g/mol. The lowest BCUT2D eigenvalue weighted by molar-refractivity contribution is -0.153. The highest BCUT2D eigenvalue weighted by atomic mass is 16.5. The van der Waals surface area contributed by atoms with E-state index in [4.69, 9.17) is 4.74 Å². The lowest BCUT2D eigenvalue weighted by Crippen LogP contribution is -2.31. The molecule has 0 atom stereocenters. The van der Waals surface area contributed by atoms with Crippen molar-refractivity contribution in [1.29, 1.82) is 0 Å².